The predicted molar refractivity (Wildman–Crippen MR) is 74.5 cm³/mol. The molecular formula is C14H15N3O2. The van der Waals surface area contributed by atoms with Crippen LogP contribution in [0.4, 0.5) is 17.2 Å². The van der Waals surface area contributed by atoms with Crippen molar-refractivity contribution in [3.05, 3.63) is 47.7 Å². The lowest BCUT2D eigenvalue weighted by Crippen LogP contribution is -2.01. The fraction of sp³-hybridized carbons (Fsp3) is 0.143. The summed E-state index contributed by atoms with van der Waals surface area (Å²) in [6, 6.07) is 10.8. The summed E-state index contributed by atoms with van der Waals surface area (Å²) in [6.45, 7) is 1.84. The Morgan fingerprint density at radius 3 is 2.53 bits per heavy atom. The molecule has 0 amide bonds. The first kappa shape index (κ1) is 12.9. The normalized spacial score (nSPS) is 10.2. The number of benzene rings is 1. The molecule has 0 saturated heterocycles. The molecule has 1 aromatic carbocycles. The van der Waals surface area contributed by atoms with Gasteiger partial charge in [0.25, 0.3) is 0 Å². The largest absolute Gasteiger partial charge is 0.481 e. The van der Waals surface area contributed by atoms with Crippen LogP contribution in [0.25, 0.3) is 0 Å². The smallest absolute Gasteiger partial charge is 0.307 e. The van der Waals surface area contributed by atoms with Crippen LogP contribution in [-0.2, 0) is 11.2 Å². The summed E-state index contributed by atoms with van der Waals surface area (Å²) in [5.41, 5.74) is 8.74. The number of nitrogens with two attached hydrogens (primary N) is 1. The molecule has 1 heterocycles. The van der Waals surface area contributed by atoms with Gasteiger partial charge in [0.15, 0.2) is 0 Å². The van der Waals surface area contributed by atoms with Crippen LogP contribution in [0.2, 0.25) is 0 Å². The van der Waals surface area contributed by atoms with E-state index >= 15 is 0 Å². The SMILES string of the molecule is Cc1nc(Nc2ccc(CC(=O)O)cc2)ccc1N. The van der Waals surface area contributed by atoms with Gasteiger partial charge >= 0.3 is 5.97 Å². The molecule has 19 heavy (non-hydrogen) atoms. The van der Waals surface area contributed by atoms with E-state index in [0.29, 0.717) is 11.5 Å². The molecule has 5 nitrogen and oxygen atoms in total. The monoisotopic (exact) mass is 257 g/mol. The second-order valence-corrected chi connectivity index (χ2v) is 4.26. The molecular weight excluding hydrogens is 242 g/mol. The number of pyridine rings is 1. The number of rotatable bonds is 4. The number of aromatic nitrogens is 1. The molecule has 4 N–H and O–H groups in total. The van der Waals surface area contributed by atoms with Gasteiger partial charge < -0.3 is 16.2 Å². The van der Waals surface area contributed by atoms with Crippen molar-refractivity contribution in [2.24, 2.45) is 0 Å². The lowest BCUT2D eigenvalue weighted by atomic mass is 10.1. The van der Waals surface area contributed by atoms with E-state index in [4.69, 9.17) is 10.8 Å². The number of hydrogen-bond acceptors (Lipinski definition) is 4. The first-order chi connectivity index (χ1) is 9.04. The van der Waals surface area contributed by atoms with Crippen LogP contribution in [-0.4, -0.2) is 16.1 Å². The van der Waals surface area contributed by atoms with Gasteiger partial charge in [-0.15, -0.1) is 0 Å². The van der Waals surface area contributed by atoms with Gasteiger partial charge in [-0.3, -0.25) is 4.79 Å². The van der Waals surface area contributed by atoms with E-state index in [9.17, 15) is 4.79 Å². The molecule has 0 fully saturated rings. The van der Waals surface area contributed by atoms with Crippen molar-refractivity contribution in [2.75, 3.05) is 11.1 Å². The summed E-state index contributed by atoms with van der Waals surface area (Å²) in [4.78, 5) is 14.9. The third kappa shape index (κ3) is 3.45. The minimum atomic E-state index is -0.837. The minimum absolute atomic E-state index is 0.0273. The second-order valence-electron chi connectivity index (χ2n) is 4.26. The molecule has 98 valence electrons. The zero-order valence-corrected chi connectivity index (χ0v) is 10.6. The number of carbonyl (C=O) groups is 1. The Hall–Kier alpha value is -2.56. The van der Waals surface area contributed by atoms with Gasteiger partial charge in [0.05, 0.1) is 17.8 Å². The van der Waals surface area contributed by atoms with Crippen molar-refractivity contribution in [1.29, 1.82) is 0 Å². The van der Waals surface area contributed by atoms with Crippen LogP contribution >= 0.6 is 0 Å². The molecule has 0 spiro atoms. The van der Waals surface area contributed by atoms with Gasteiger partial charge in [-0.05, 0) is 36.8 Å². The van der Waals surface area contributed by atoms with E-state index in [1.54, 1.807) is 24.3 Å². The van der Waals surface area contributed by atoms with Gasteiger partial charge in [-0.2, -0.15) is 0 Å². The van der Waals surface area contributed by atoms with Gasteiger partial charge in [0.2, 0.25) is 0 Å². The summed E-state index contributed by atoms with van der Waals surface area (Å²) in [7, 11) is 0. The second kappa shape index (κ2) is 5.39. The predicted octanol–water partition coefficient (Wildman–Crippen LogP) is 2.34. The fourth-order valence-corrected chi connectivity index (χ4v) is 1.67. The average Bonchev–Trinajstić information content (AvgIpc) is 2.36. The number of carboxylic acids is 1. The number of nitrogen functional groups attached to an aromatic ring is 1. The number of nitrogens with one attached hydrogen (secondary N) is 1. The van der Waals surface area contributed by atoms with Crippen molar-refractivity contribution in [2.45, 2.75) is 13.3 Å². The molecule has 2 aromatic rings. The van der Waals surface area contributed by atoms with Gasteiger partial charge in [0, 0.05) is 5.69 Å². The van der Waals surface area contributed by atoms with Crippen LogP contribution < -0.4 is 11.1 Å². The number of nitrogens with zero attached hydrogens (tertiary/aromatic N) is 1. The van der Waals surface area contributed by atoms with Crippen molar-refractivity contribution in [3.8, 4) is 0 Å². The van der Waals surface area contributed by atoms with E-state index < -0.39 is 5.97 Å². The summed E-state index contributed by atoms with van der Waals surface area (Å²) < 4.78 is 0. The van der Waals surface area contributed by atoms with E-state index in [1.807, 2.05) is 19.1 Å². The van der Waals surface area contributed by atoms with Crippen LogP contribution in [0.1, 0.15) is 11.3 Å². The Morgan fingerprint density at radius 1 is 1.26 bits per heavy atom. The van der Waals surface area contributed by atoms with E-state index in [-0.39, 0.29) is 6.42 Å². The molecule has 0 aliphatic heterocycles. The molecule has 5 heteroatoms. The lowest BCUT2D eigenvalue weighted by Gasteiger charge is -2.08. The third-order valence-corrected chi connectivity index (χ3v) is 2.71. The fourth-order valence-electron chi connectivity index (χ4n) is 1.67. The lowest BCUT2D eigenvalue weighted by molar-refractivity contribution is -0.136. The molecule has 1 aromatic heterocycles. The highest BCUT2D eigenvalue weighted by Crippen LogP contribution is 2.18. The molecule has 0 aliphatic rings. The number of anilines is 3. The Morgan fingerprint density at radius 2 is 1.95 bits per heavy atom. The van der Waals surface area contributed by atoms with Crippen LogP contribution in [0.5, 0.6) is 0 Å². The van der Waals surface area contributed by atoms with Gasteiger partial charge in [-0.25, -0.2) is 4.98 Å². The van der Waals surface area contributed by atoms with Crippen molar-refractivity contribution in [1.82, 2.24) is 4.98 Å². The first-order valence-electron chi connectivity index (χ1n) is 5.85. The van der Waals surface area contributed by atoms with E-state index in [2.05, 4.69) is 10.3 Å². The zero-order chi connectivity index (χ0) is 13.8. The first-order valence-corrected chi connectivity index (χ1v) is 5.85. The van der Waals surface area contributed by atoms with Crippen LogP contribution in [0.3, 0.4) is 0 Å². The quantitative estimate of drug-likeness (QED) is 0.782. The van der Waals surface area contributed by atoms with Crippen LogP contribution in [0.15, 0.2) is 36.4 Å². The summed E-state index contributed by atoms with van der Waals surface area (Å²) in [6.07, 6.45) is 0.0273. The van der Waals surface area contributed by atoms with E-state index in [1.165, 1.54) is 0 Å². The molecule has 0 bridgehead atoms. The van der Waals surface area contributed by atoms with E-state index in [0.717, 1.165) is 16.9 Å². The Bertz CT molecular complexity index is 594. The number of carboxylic acid groups (broad SMARTS) is 1. The Labute approximate surface area is 111 Å². The summed E-state index contributed by atoms with van der Waals surface area (Å²) in [5, 5.41) is 11.8. The third-order valence-electron chi connectivity index (χ3n) is 2.71. The summed E-state index contributed by atoms with van der Waals surface area (Å²) >= 11 is 0. The molecule has 0 atom stereocenters. The number of aryl methyl sites for hydroxylation is 1. The topological polar surface area (TPSA) is 88.2 Å². The minimum Gasteiger partial charge on any atom is -0.481 e. The maximum atomic E-state index is 10.6. The van der Waals surface area contributed by atoms with Crippen molar-refractivity contribution >= 4 is 23.2 Å². The molecule has 0 saturated carbocycles. The van der Waals surface area contributed by atoms with Crippen molar-refractivity contribution < 1.29 is 9.90 Å². The number of hydrogen-bond donors (Lipinski definition) is 3. The standard InChI is InChI=1S/C14H15N3O2/c1-9-12(15)6-7-13(16-9)17-11-4-2-10(3-5-11)8-14(18)19/h2-7H,8,15H2,1H3,(H,16,17)(H,18,19). The average molecular weight is 257 g/mol. The number of aliphatic carboxylic acids is 1. The maximum Gasteiger partial charge on any atom is 0.307 e. The molecule has 0 unspecified atom stereocenters. The van der Waals surface area contributed by atoms with Crippen molar-refractivity contribution in [3.63, 3.8) is 0 Å². The highest BCUT2D eigenvalue weighted by molar-refractivity contribution is 5.70. The molecule has 0 radical (unpaired) electrons. The highest BCUT2D eigenvalue weighted by Gasteiger charge is 2.02. The Balaban J connectivity index is 2.10. The van der Waals surface area contributed by atoms with Gasteiger partial charge in [0.1, 0.15) is 5.82 Å². The maximum absolute atomic E-state index is 10.6. The summed E-state index contributed by atoms with van der Waals surface area (Å²) in [5.74, 6) is -0.130. The van der Waals surface area contributed by atoms with Gasteiger partial charge in [-0.1, -0.05) is 12.1 Å². The molecule has 0 aliphatic carbocycles. The zero-order valence-electron chi connectivity index (χ0n) is 10.6. The van der Waals surface area contributed by atoms with Crippen LogP contribution in [0, 0.1) is 6.92 Å². The Kier molecular flexibility index (Phi) is 3.66. The highest BCUT2D eigenvalue weighted by atomic mass is 16.4. The molecule has 2 rings (SSSR count).